The van der Waals surface area contributed by atoms with Crippen LogP contribution in [0.2, 0.25) is 5.02 Å². The molecule has 0 amide bonds. The molecule has 0 spiro atoms. The minimum atomic E-state index is 0.0671. The Labute approximate surface area is 132 Å². The molecule has 3 N–H and O–H groups in total. The molecule has 100 valence electrons. The van der Waals surface area contributed by atoms with Gasteiger partial charge in [-0.15, -0.1) is 0 Å². The van der Waals surface area contributed by atoms with Gasteiger partial charge in [0.25, 0.3) is 0 Å². The molecule has 0 heterocycles. The molecule has 0 saturated carbocycles. The van der Waals surface area contributed by atoms with Crippen molar-refractivity contribution in [2.45, 2.75) is 19.4 Å². The van der Waals surface area contributed by atoms with Gasteiger partial charge in [0.15, 0.2) is 0 Å². The monoisotopic (exact) mass is 386 g/mol. The van der Waals surface area contributed by atoms with Gasteiger partial charge in [0.2, 0.25) is 0 Å². The summed E-state index contributed by atoms with van der Waals surface area (Å²) in [6.45, 7) is 2.04. The van der Waals surface area contributed by atoms with E-state index in [1.165, 1.54) is 9.13 Å². The maximum atomic E-state index is 6.11. The maximum absolute atomic E-state index is 6.11. The molecular weight excluding hydrogens is 371 g/mol. The van der Waals surface area contributed by atoms with Crippen LogP contribution in [-0.4, -0.2) is 0 Å². The number of aryl methyl sites for hydroxylation is 1. The minimum absolute atomic E-state index is 0.0671. The lowest BCUT2D eigenvalue weighted by molar-refractivity contribution is 0.551. The molecule has 2 aromatic rings. The molecule has 4 heteroatoms. The van der Waals surface area contributed by atoms with Crippen molar-refractivity contribution >= 4 is 34.2 Å². The molecule has 1 unspecified atom stereocenters. The Balaban J connectivity index is 2.22. The van der Waals surface area contributed by atoms with Crippen molar-refractivity contribution in [3.8, 4) is 0 Å². The first-order valence-electron chi connectivity index (χ1n) is 6.06. The molecule has 1 atom stereocenters. The van der Waals surface area contributed by atoms with Gasteiger partial charge in [-0.1, -0.05) is 29.8 Å². The summed E-state index contributed by atoms with van der Waals surface area (Å²) >= 11 is 8.41. The summed E-state index contributed by atoms with van der Waals surface area (Å²) in [5.74, 6) is 5.69. The summed E-state index contributed by atoms with van der Waals surface area (Å²) in [5.41, 5.74) is 6.39. The van der Waals surface area contributed by atoms with Gasteiger partial charge in [-0.3, -0.25) is 11.3 Å². The van der Waals surface area contributed by atoms with E-state index in [-0.39, 0.29) is 6.04 Å². The van der Waals surface area contributed by atoms with Crippen molar-refractivity contribution in [2.24, 2.45) is 5.84 Å². The second-order valence-corrected chi connectivity index (χ2v) is 6.29. The van der Waals surface area contributed by atoms with E-state index in [0.717, 1.165) is 22.6 Å². The van der Waals surface area contributed by atoms with Crippen molar-refractivity contribution < 1.29 is 0 Å². The summed E-state index contributed by atoms with van der Waals surface area (Å²) in [7, 11) is 0. The summed E-state index contributed by atoms with van der Waals surface area (Å²) in [6.07, 6.45) is 0.840. The molecule has 2 aromatic carbocycles. The van der Waals surface area contributed by atoms with Crippen LogP contribution in [0.4, 0.5) is 0 Å². The fourth-order valence-corrected chi connectivity index (χ4v) is 2.75. The Kier molecular flexibility index (Phi) is 5.21. The fraction of sp³-hybridized carbons (Fsp3) is 0.200. The lowest BCUT2D eigenvalue weighted by Crippen LogP contribution is -2.29. The number of hydrogen-bond acceptors (Lipinski definition) is 2. The van der Waals surface area contributed by atoms with Gasteiger partial charge in [-0.2, -0.15) is 0 Å². The van der Waals surface area contributed by atoms with E-state index in [2.05, 4.69) is 58.3 Å². The molecular formula is C15H16ClIN2. The lowest BCUT2D eigenvalue weighted by atomic mass is 9.98. The predicted molar refractivity (Wildman–Crippen MR) is 89.1 cm³/mol. The van der Waals surface area contributed by atoms with Gasteiger partial charge >= 0.3 is 0 Å². The third-order valence-corrected chi connectivity index (χ3v) is 3.96. The van der Waals surface area contributed by atoms with Gasteiger partial charge in [0.1, 0.15) is 0 Å². The van der Waals surface area contributed by atoms with Crippen molar-refractivity contribution in [2.75, 3.05) is 0 Å². The van der Waals surface area contributed by atoms with Gasteiger partial charge in [0.05, 0.1) is 6.04 Å². The third kappa shape index (κ3) is 4.18. The largest absolute Gasteiger partial charge is 0.271 e. The van der Waals surface area contributed by atoms with Gasteiger partial charge in [0, 0.05) is 8.59 Å². The van der Waals surface area contributed by atoms with E-state index in [0.29, 0.717) is 0 Å². The molecule has 0 bridgehead atoms. The van der Waals surface area contributed by atoms with Crippen molar-refractivity contribution in [1.82, 2.24) is 5.43 Å². The predicted octanol–water partition coefficient (Wildman–Crippen LogP) is 4.00. The summed E-state index contributed by atoms with van der Waals surface area (Å²) in [6, 6.07) is 14.6. The van der Waals surface area contributed by atoms with E-state index < -0.39 is 0 Å². The molecule has 19 heavy (non-hydrogen) atoms. The smallest absolute Gasteiger partial charge is 0.0500 e. The second-order valence-electron chi connectivity index (χ2n) is 4.61. The molecule has 0 aliphatic heterocycles. The number of halogens is 2. The van der Waals surface area contributed by atoms with Crippen molar-refractivity contribution in [3.05, 3.63) is 67.7 Å². The number of hydrogen-bond donors (Lipinski definition) is 2. The van der Waals surface area contributed by atoms with Crippen molar-refractivity contribution in [3.63, 3.8) is 0 Å². The number of benzene rings is 2. The quantitative estimate of drug-likeness (QED) is 0.473. The average molecular weight is 387 g/mol. The van der Waals surface area contributed by atoms with E-state index in [1.54, 1.807) is 0 Å². The molecule has 0 aliphatic carbocycles. The van der Waals surface area contributed by atoms with Crippen LogP contribution in [0, 0.1) is 10.5 Å². The van der Waals surface area contributed by atoms with Crippen LogP contribution in [0.5, 0.6) is 0 Å². The van der Waals surface area contributed by atoms with E-state index in [4.69, 9.17) is 17.4 Å². The van der Waals surface area contributed by atoms with Gasteiger partial charge < -0.3 is 0 Å². The number of nitrogens with one attached hydrogen (secondary N) is 1. The zero-order chi connectivity index (χ0) is 13.8. The highest BCUT2D eigenvalue weighted by Crippen LogP contribution is 2.23. The Morgan fingerprint density at radius 1 is 1.21 bits per heavy atom. The van der Waals surface area contributed by atoms with Crippen LogP contribution in [0.25, 0.3) is 0 Å². The standard InChI is InChI=1S/C15H16ClIN2/c1-10-6-12(9-13(16)7-10)15(19-18)8-11-2-4-14(17)5-3-11/h2-7,9,15,19H,8,18H2,1H3. The summed E-state index contributed by atoms with van der Waals surface area (Å²) in [4.78, 5) is 0. The van der Waals surface area contributed by atoms with Crippen LogP contribution >= 0.6 is 34.2 Å². The second kappa shape index (κ2) is 6.70. The molecule has 0 aromatic heterocycles. The molecule has 2 rings (SSSR count). The van der Waals surface area contributed by atoms with Gasteiger partial charge in [-0.05, 0) is 76.9 Å². The Hall–Kier alpha value is -0.620. The molecule has 0 saturated heterocycles. The highest BCUT2D eigenvalue weighted by Gasteiger charge is 2.11. The Morgan fingerprint density at radius 3 is 2.47 bits per heavy atom. The van der Waals surface area contributed by atoms with E-state index in [9.17, 15) is 0 Å². The van der Waals surface area contributed by atoms with E-state index in [1.807, 2.05) is 19.1 Å². The van der Waals surface area contributed by atoms with Crippen LogP contribution in [0.1, 0.15) is 22.7 Å². The average Bonchev–Trinajstić information content (AvgIpc) is 2.37. The van der Waals surface area contributed by atoms with Crippen LogP contribution in [-0.2, 0) is 6.42 Å². The normalized spacial score (nSPS) is 12.4. The first-order chi connectivity index (χ1) is 9.08. The lowest BCUT2D eigenvalue weighted by Gasteiger charge is -2.17. The SMILES string of the molecule is Cc1cc(Cl)cc(C(Cc2ccc(I)cc2)NN)c1. The first-order valence-corrected chi connectivity index (χ1v) is 7.52. The molecule has 0 fully saturated rings. The maximum Gasteiger partial charge on any atom is 0.0500 e. The highest BCUT2D eigenvalue weighted by atomic mass is 127. The third-order valence-electron chi connectivity index (χ3n) is 3.02. The van der Waals surface area contributed by atoms with Crippen LogP contribution < -0.4 is 11.3 Å². The zero-order valence-electron chi connectivity index (χ0n) is 10.7. The van der Waals surface area contributed by atoms with Gasteiger partial charge in [-0.25, -0.2) is 0 Å². The highest BCUT2D eigenvalue weighted by molar-refractivity contribution is 14.1. The Bertz CT molecular complexity index is 534. The zero-order valence-corrected chi connectivity index (χ0v) is 13.6. The minimum Gasteiger partial charge on any atom is -0.271 e. The van der Waals surface area contributed by atoms with E-state index >= 15 is 0 Å². The van der Waals surface area contributed by atoms with Crippen LogP contribution in [0.15, 0.2) is 42.5 Å². The first kappa shape index (κ1) is 14.8. The summed E-state index contributed by atoms with van der Waals surface area (Å²) < 4.78 is 1.23. The number of nitrogens with two attached hydrogens (primary N) is 1. The summed E-state index contributed by atoms with van der Waals surface area (Å²) in [5, 5.41) is 0.748. The molecule has 2 nitrogen and oxygen atoms in total. The number of rotatable bonds is 4. The topological polar surface area (TPSA) is 38.0 Å². The molecule has 0 radical (unpaired) electrons. The van der Waals surface area contributed by atoms with Crippen LogP contribution in [0.3, 0.4) is 0 Å². The van der Waals surface area contributed by atoms with Crippen molar-refractivity contribution in [1.29, 1.82) is 0 Å². The Morgan fingerprint density at radius 2 is 1.89 bits per heavy atom. The fourth-order valence-electron chi connectivity index (χ4n) is 2.09. The number of hydrazine groups is 1. The molecule has 0 aliphatic rings.